The maximum atomic E-state index is 10.6. The fraction of sp³-hybridized carbons (Fsp3) is 0.533. The second-order valence-corrected chi connectivity index (χ2v) is 5.88. The molecule has 0 bridgehead atoms. The summed E-state index contributed by atoms with van der Waals surface area (Å²) >= 11 is 3.50. The monoisotopic (exact) mass is 342 g/mol. The molecule has 1 aliphatic rings. The van der Waals surface area contributed by atoms with Crippen LogP contribution in [0.5, 0.6) is 11.5 Å². The Morgan fingerprint density at radius 1 is 1.40 bits per heavy atom. The summed E-state index contributed by atoms with van der Waals surface area (Å²) in [5.41, 5.74) is 0.926. The van der Waals surface area contributed by atoms with Crippen LogP contribution in [0.4, 0.5) is 0 Å². The topological polar surface area (TPSA) is 55.8 Å². The first-order chi connectivity index (χ1) is 9.60. The van der Waals surface area contributed by atoms with Gasteiger partial charge in [-0.15, -0.1) is 0 Å². The molecule has 1 N–H and O–H groups in total. The molecule has 0 atom stereocenters. The van der Waals surface area contributed by atoms with Crippen molar-refractivity contribution in [2.45, 2.75) is 44.6 Å². The SMILES string of the molecule is COc1cc(CCC(=O)O)cc(Br)c1OC1CCCC1. The number of hydrogen-bond donors (Lipinski definition) is 1. The van der Waals surface area contributed by atoms with Gasteiger partial charge in [-0.25, -0.2) is 0 Å². The van der Waals surface area contributed by atoms with Crippen molar-refractivity contribution < 1.29 is 19.4 Å². The average molecular weight is 343 g/mol. The van der Waals surface area contributed by atoms with Gasteiger partial charge in [0.05, 0.1) is 17.7 Å². The molecule has 0 saturated heterocycles. The van der Waals surface area contributed by atoms with E-state index in [4.69, 9.17) is 14.6 Å². The van der Waals surface area contributed by atoms with E-state index < -0.39 is 5.97 Å². The van der Waals surface area contributed by atoms with Crippen LogP contribution in [0.25, 0.3) is 0 Å². The summed E-state index contributed by atoms with van der Waals surface area (Å²) in [5, 5.41) is 8.75. The van der Waals surface area contributed by atoms with Crippen LogP contribution in [0.3, 0.4) is 0 Å². The average Bonchev–Trinajstić information content (AvgIpc) is 2.91. The molecule has 110 valence electrons. The van der Waals surface area contributed by atoms with E-state index >= 15 is 0 Å². The standard InChI is InChI=1S/C15H19BrO4/c1-19-13-9-10(6-7-14(17)18)8-12(16)15(13)20-11-4-2-3-5-11/h8-9,11H,2-7H2,1H3,(H,17,18). The molecular formula is C15H19BrO4. The Bertz CT molecular complexity index is 481. The van der Waals surface area contributed by atoms with Crippen LogP contribution >= 0.6 is 15.9 Å². The van der Waals surface area contributed by atoms with Gasteiger partial charge in [0.15, 0.2) is 11.5 Å². The van der Waals surface area contributed by atoms with Gasteiger partial charge in [0.1, 0.15) is 0 Å². The maximum Gasteiger partial charge on any atom is 0.303 e. The molecule has 4 nitrogen and oxygen atoms in total. The van der Waals surface area contributed by atoms with Crippen molar-refractivity contribution in [2.75, 3.05) is 7.11 Å². The molecule has 0 aromatic heterocycles. The number of aryl methyl sites for hydroxylation is 1. The number of benzene rings is 1. The molecule has 1 fully saturated rings. The highest BCUT2D eigenvalue weighted by Crippen LogP contribution is 2.39. The molecule has 0 amide bonds. The van der Waals surface area contributed by atoms with Gasteiger partial charge in [0, 0.05) is 6.42 Å². The minimum atomic E-state index is -0.800. The molecule has 20 heavy (non-hydrogen) atoms. The van der Waals surface area contributed by atoms with E-state index in [1.807, 2.05) is 12.1 Å². The van der Waals surface area contributed by atoms with Crippen LogP contribution in [0, 0.1) is 0 Å². The molecule has 5 heteroatoms. The van der Waals surface area contributed by atoms with Gasteiger partial charge >= 0.3 is 5.97 Å². The van der Waals surface area contributed by atoms with Crippen molar-refractivity contribution in [1.29, 1.82) is 0 Å². The number of carbonyl (C=O) groups is 1. The second-order valence-electron chi connectivity index (χ2n) is 5.03. The van der Waals surface area contributed by atoms with Crippen LogP contribution < -0.4 is 9.47 Å². The van der Waals surface area contributed by atoms with E-state index in [1.165, 1.54) is 12.8 Å². The lowest BCUT2D eigenvalue weighted by atomic mass is 10.1. The third-order valence-corrected chi connectivity index (χ3v) is 4.09. The third kappa shape index (κ3) is 3.88. The van der Waals surface area contributed by atoms with Gasteiger partial charge < -0.3 is 14.6 Å². The number of aliphatic carboxylic acids is 1. The fourth-order valence-electron chi connectivity index (χ4n) is 2.46. The van der Waals surface area contributed by atoms with Crippen molar-refractivity contribution >= 4 is 21.9 Å². The highest BCUT2D eigenvalue weighted by molar-refractivity contribution is 9.10. The summed E-state index contributed by atoms with van der Waals surface area (Å²) in [6.45, 7) is 0. The van der Waals surface area contributed by atoms with Gasteiger partial charge in [-0.2, -0.15) is 0 Å². The third-order valence-electron chi connectivity index (χ3n) is 3.50. The number of carboxylic acids is 1. The van der Waals surface area contributed by atoms with Crippen molar-refractivity contribution in [3.63, 3.8) is 0 Å². The Kier molecular flexibility index (Phi) is 5.29. The molecule has 1 aliphatic carbocycles. The Labute approximate surface area is 127 Å². The summed E-state index contributed by atoms with van der Waals surface area (Å²) in [6, 6.07) is 3.77. The number of carboxylic acid groups (broad SMARTS) is 1. The highest BCUT2D eigenvalue weighted by atomic mass is 79.9. The largest absolute Gasteiger partial charge is 0.493 e. The van der Waals surface area contributed by atoms with Crippen molar-refractivity contribution in [3.8, 4) is 11.5 Å². The van der Waals surface area contributed by atoms with Gasteiger partial charge in [-0.05, 0) is 65.7 Å². The van der Waals surface area contributed by atoms with Gasteiger partial charge in [0.25, 0.3) is 0 Å². The van der Waals surface area contributed by atoms with Crippen LogP contribution in [0.1, 0.15) is 37.7 Å². The zero-order valence-electron chi connectivity index (χ0n) is 11.5. The quantitative estimate of drug-likeness (QED) is 0.854. The Morgan fingerprint density at radius 2 is 2.10 bits per heavy atom. The number of rotatable bonds is 6. The molecule has 0 heterocycles. The van der Waals surface area contributed by atoms with Gasteiger partial charge in [-0.3, -0.25) is 4.79 Å². The van der Waals surface area contributed by atoms with Crippen molar-refractivity contribution in [2.24, 2.45) is 0 Å². The molecule has 0 aliphatic heterocycles. The normalized spacial score (nSPS) is 15.3. The smallest absolute Gasteiger partial charge is 0.303 e. The number of ether oxygens (including phenoxy) is 2. The maximum absolute atomic E-state index is 10.6. The predicted molar refractivity (Wildman–Crippen MR) is 79.5 cm³/mol. The molecule has 0 spiro atoms. The van der Waals surface area contributed by atoms with Crippen molar-refractivity contribution in [3.05, 3.63) is 22.2 Å². The van der Waals surface area contributed by atoms with E-state index in [0.717, 1.165) is 28.6 Å². The summed E-state index contributed by atoms with van der Waals surface area (Å²) in [5.74, 6) is 0.580. The molecule has 1 aromatic rings. The number of methoxy groups -OCH3 is 1. The van der Waals surface area contributed by atoms with E-state index in [9.17, 15) is 4.79 Å². The Morgan fingerprint density at radius 3 is 2.70 bits per heavy atom. The molecule has 1 aromatic carbocycles. The molecule has 2 rings (SSSR count). The van der Waals surface area contributed by atoms with E-state index in [0.29, 0.717) is 12.2 Å². The van der Waals surface area contributed by atoms with E-state index in [-0.39, 0.29) is 12.5 Å². The lowest BCUT2D eigenvalue weighted by molar-refractivity contribution is -0.136. The lowest BCUT2D eigenvalue weighted by Gasteiger charge is -2.18. The number of halogens is 1. The predicted octanol–water partition coefficient (Wildman–Crippen LogP) is 3.80. The highest BCUT2D eigenvalue weighted by Gasteiger charge is 2.20. The zero-order valence-corrected chi connectivity index (χ0v) is 13.1. The van der Waals surface area contributed by atoms with Crippen LogP contribution in [0.2, 0.25) is 0 Å². The first kappa shape index (κ1) is 15.2. The molecular weight excluding hydrogens is 324 g/mol. The first-order valence-corrected chi connectivity index (χ1v) is 7.64. The molecule has 0 radical (unpaired) electrons. The van der Waals surface area contributed by atoms with E-state index in [1.54, 1.807) is 7.11 Å². The number of hydrogen-bond acceptors (Lipinski definition) is 3. The summed E-state index contributed by atoms with van der Waals surface area (Å²) in [7, 11) is 1.60. The fourth-order valence-corrected chi connectivity index (χ4v) is 3.04. The first-order valence-electron chi connectivity index (χ1n) is 6.85. The molecule has 0 unspecified atom stereocenters. The van der Waals surface area contributed by atoms with Crippen LogP contribution in [-0.4, -0.2) is 24.3 Å². The Hall–Kier alpha value is -1.23. The van der Waals surface area contributed by atoms with Crippen LogP contribution in [0.15, 0.2) is 16.6 Å². The minimum Gasteiger partial charge on any atom is -0.493 e. The summed E-state index contributed by atoms with van der Waals surface area (Å²) in [4.78, 5) is 10.6. The van der Waals surface area contributed by atoms with Gasteiger partial charge in [-0.1, -0.05) is 0 Å². The second kappa shape index (κ2) is 6.97. The summed E-state index contributed by atoms with van der Waals surface area (Å²) < 4.78 is 12.2. The zero-order chi connectivity index (χ0) is 14.5. The minimum absolute atomic E-state index is 0.110. The van der Waals surface area contributed by atoms with E-state index in [2.05, 4.69) is 15.9 Å². The van der Waals surface area contributed by atoms with Crippen LogP contribution in [-0.2, 0) is 11.2 Å². The molecule has 1 saturated carbocycles. The van der Waals surface area contributed by atoms with Crippen molar-refractivity contribution in [1.82, 2.24) is 0 Å². The lowest BCUT2D eigenvalue weighted by Crippen LogP contribution is -2.12. The Balaban J connectivity index is 2.16. The summed E-state index contributed by atoms with van der Waals surface area (Å²) in [6.07, 6.45) is 5.42. The van der Waals surface area contributed by atoms with Gasteiger partial charge in [0.2, 0.25) is 0 Å².